The lowest BCUT2D eigenvalue weighted by Crippen LogP contribution is -2.54. The largest absolute Gasteiger partial charge is 0.508 e. The average molecular weight is 345 g/mol. The van der Waals surface area contributed by atoms with Crippen molar-refractivity contribution in [3.63, 3.8) is 0 Å². The molecule has 4 aliphatic rings. The van der Waals surface area contributed by atoms with Crippen molar-refractivity contribution in [3.8, 4) is 0 Å². The van der Waals surface area contributed by atoms with Gasteiger partial charge in [0.1, 0.15) is 11.9 Å². The van der Waals surface area contributed by atoms with Gasteiger partial charge in [0.2, 0.25) is 0 Å². The van der Waals surface area contributed by atoms with Crippen LogP contribution < -0.4 is 5.73 Å². The summed E-state index contributed by atoms with van der Waals surface area (Å²) in [5.74, 6) is 2.40. The first kappa shape index (κ1) is 17.1. The number of fused-ring (bicyclic) bond motifs is 5. The molecule has 4 rings (SSSR count). The molecule has 3 N–H and O–H groups in total. The summed E-state index contributed by atoms with van der Waals surface area (Å²) in [4.78, 5) is 11.5. The zero-order chi connectivity index (χ0) is 18.0. The maximum Gasteiger partial charge on any atom is 0.302 e. The highest BCUT2D eigenvalue weighted by Crippen LogP contribution is 2.64. The highest BCUT2D eigenvalue weighted by atomic mass is 16.5. The molecule has 0 aromatic rings. The van der Waals surface area contributed by atoms with E-state index in [1.807, 2.05) is 6.08 Å². The lowest BCUT2D eigenvalue weighted by molar-refractivity contribution is -0.147. The fourth-order valence-corrected chi connectivity index (χ4v) is 6.82. The third-order valence-corrected chi connectivity index (χ3v) is 8.23. The number of esters is 1. The van der Waals surface area contributed by atoms with Gasteiger partial charge < -0.3 is 15.6 Å². The minimum atomic E-state index is -0.217. The SMILES string of the molecule is CC(=O)O[C@@H]1C[C@H]2[C@@H]3CC[C@@H]4C=C(O)C=C[C@]4(C)[C@H]3CC[C@]2(C)[C@H]1N. The number of carbonyl (C=O) groups is 1. The number of carbonyl (C=O) groups excluding carboxylic acids is 1. The minimum absolute atomic E-state index is 0.0567. The van der Waals surface area contributed by atoms with Crippen LogP contribution in [-0.4, -0.2) is 23.2 Å². The molecule has 0 bridgehead atoms. The highest BCUT2D eigenvalue weighted by molar-refractivity contribution is 5.66. The number of ether oxygens (including phenoxy) is 1. The van der Waals surface area contributed by atoms with Crippen LogP contribution >= 0.6 is 0 Å². The van der Waals surface area contributed by atoms with Crippen LogP contribution in [0.1, 0.15) is 52.9 Å². The number of aliphatic hydroxyl groups excluding tert-OH is 1. The zero-order valence-corrected chi connectivity index (χ0v) is 15.6. The van der Waals surface area contributed by atoms with E-state index >= 15 is 0 Å². The zero-order valence-electron chi connectivity index (χ0n) is 15.6. The van der Waals surface area contributed by atoms with Gasteiger partial charge >= 0.3 is 5.97 Å². The number of allylic oxidation sites excluding steroid dienone is 3. The first-order valence-corrected chi connectivity index (χ1v) is 9.78. The molecule has 0 radical (unpaired) electrons. The predicted octanol–water partition coefficient (Wildman–Crippen LogP) is 3.73. The molecule has 0 heterocycles. The lowest BCUT2D eigenvalue weighted by atomic mass is 9.47. The number of aliphatic hydroxyl groups is 1. The Labute approximate surface area is 150 Å². The fourth-order valence-electron chi connectivity index (χ4n) is 6.82. The summed E-state index contributed by atoms with van der Waals surface area (Å²) in [6.07, 6.45) is 11.5. The fraction of sp³-hybridized carbons (Fsp3) is 0.762. The van der Waals surface area contributed by atoms with Crippen LogP contribution in [0.3, 0.4) is 0 Å². The Balaban J connectivity index is 1.63. The Morgan fingerprint density at radius 2 is 2.04 bits per heavy atom. The molecule has 0 unspecified atom stereocenters. The van der Waals surface area contributed by atoms with Gasteiger partial charge in [0.05, 0.1) is 0 Å². The Morgan fingerprint density at radius 1 is 1.28 bits per heavy atom. The molecule has 0 amide bonds. The first-order chi connectivity index (χ1) is 11.8. The van der Waals surface area contributed by atoms with Gasteiger partial charge in [-0.1, -0.05) is 19.9 Å². The molecule has 4 aliphatic carbocycles. The monoisotopic (exact) mass is 345 g/mol. The van der Waals surface area contributed by atoms with Gasteiger partial charge in [-0.25, -0.2) is 0 Å². The van der Waals surface area contributed by atoms with Crippen molar-refractivity contribution < 1.29 is 14.6 Å². The van der Waals surface area contributed by atoms with E-state index < -0.39 is 0 Å². The third-order valence-electron chi connectivity index (χ3n) is 8.23. The molecule has 25 heavy (non-hydrogen) atoms. The average Bonchev–Trinajstić information content (AvgIpc) is 2.79. The van der Waals surface area contributed by atoms with Crippen molar-refractivity contribution in [2.45, 2.75) is 65.0 Å². The van der Waals surface area contributed by atoms with Crippen molar-refractivity contribution >= 4 is 5.97 Å². The molecule has 3 saturated carbocycles. The second-order valence-corrected chi connectivity index (χ2v) is 9.31. The molecule has 4 heteroatoms. The number of hydrogen-bond donors (Lipinski definition) is 2. The van der Waals surface area contributed by atoms with Gasteiger partial charge in [-0.3, -0.25) is 4.79 Å². The van der Waals surface area contributed by atoms with Gasteiger partial charge in [-0.2, -0.15) is 0 Å². The second kappa shape index (κ2) is 5.60. The van der Waals surface area contributed by atoms with E-state index in [-0.39, 0.29) is 28.9 Å². The molecule has 138 valence electrons. The summed E-state index contributed by atoms with van der Waals surface area (Å²) >= 11 is 0. The van der Waals surface area contributed by atoms with E-state index in [2.05, 4.69) is 26.0 Å². The standard InChI is InChI=1S/C21H31NO3/c1-12(23)25-18-11-17-15-5-4-13-10-14(24)6-8-20(13,2)16(15)7-9-21(17,3)19(18)22/h6,8,10,13,15-19,24H,4-5,7,9,11,22H2,1-3H3/t13-,15-,16+,17+,18-,19+,20+,21+/m1/s1. The van der Waals surface area contributed by atoms with E-state index in [4.69, 9.17) is 10.5 Å². The van der Waals surface area contributed by atoms with E-state index in [1.54, 1.807) is 0 Å². The predicted molar refractivity (Wildman–Crippen MR) is 96.6 cm³/mol. The lowest BCUT2D eigenvalue weighted by Gasteiger charge is -2.58. The topological polar surface area (TPSA) is 72.5 Å². The smallest absolute Gasteiger partial charge is 0.302 e. The molecular weight excluding hydrogens is 314 g/mol. The highest BCUT2D eigenvalue weighted by Gasteiger charge is 2.61. The third kappa shape index (κ3) is 2.40. The van der Waals surface area contributed by atoms with Crippen molar-refractivity contribution in [1.29, 1.82) is 0 Å². The van der Waals surface area contributed by atoms with Gasteiger partial charge in [0.15, 0.2) is 0 Å². The summed E-state index contributed by atoms with van der Waals surface area (Å²) in [7, 11) is 0. The Hall–Kier alpha value is -1.29. The van der Waals surface area contributed by atoms with Gasteiger partial charge in [-0.05, 0) is 78.8 Å². The normalized spacial score (nSPS) is 51.1. The van der Waals surface area contributed by atoms with Crippen molar-refractivity contribution in [3.05, 3.63) is 24.0 Å². The molecule has 0 aliphatic heterocycles. The number of nitrogens with two attached hydrogens (primary N) is 1. The summed E-state index contributed by atoms with van der Waals surface area (Å²) in [5, 5.41) is 9.91. The maximum absolute atomic E-state index is 11.5. The van der Waals surface area contributed by atoms with Gasteiger partial charge in [-0.15, -0.1) is 0 Å². The summed E-state index contributed by atoms with van der Waals surface area (Å²) in [5.41, 5.74) is 6.78. The number of hydrogen-bond acceptors (Lipinski definition) is 4. The molecule has 0 spiro atoms. The van der Waals surface area contributed by atoms with Crippen LogP contribution in [-0.2, 0) is 9.53 Å². The molecule has 0 aromatic carbocycles. The Morgan fingerprint density at radius 3 is 2.76 bits per heavy atom. The molecule has 0 aromatic heterocycles. The van der Waals surface area contributed by atoms with Crippen LogP contribution in [0.4, 0.5) is 0 Å². The van der Waals surface area contributed by atoms with Crippen LogP contribution in [0, 0.1) is 34.5 Å². The van der Waals surface area contributed by atoms with E-state index in [0.29, 0.717) is 29.4 Å². The summed E-state index contributed by atoms with van der Waals surface area (Å²) in [6, 6.07) is -0.0567. The van der Waals surface area contributed by atoms with Crippen LogP contribution in [0.5, 0.6) is 0 Å². The van der Waals surface area contributed by atoms with Gasteiger partial charge in [0, 0.05) is 13.0 Å². The Kier molecular flexibility index (Phi) is 3.84. The van der Waals surface area contributed by atoms with Crippen molar-refractivity contribution in [2.24, 2.45) is 40.2 Å². The van der Waals surface area contributed by atoms with E-state index in [0.717, 1.165) is 19.3 Å². The molecule has 3 fully saturated rings. The van der Waals surface area contributed by atoms with Crippen LogP contribution in [0.15, 0.2) is 24.0 Å². The Bertz CT molecular complexity index is 641. The van der Waals surface area contributed by atoms with E-state index in [9.17, 15) is 9.90 Å². The van der Waals surface area contributed by atoms with Gasteiger partial charge in [0.25, 0.3) is 0 Å². The summed E-state index contributed by atoms with van der Waals surface area (Å²) < 4.78 is 5.59. The molecule has 8 atom stereocenters. The van der Waals surface area contributed by atoms with Crippen molar-refractivity contribution in [2.75, 3.05) is 0 Å². The first-order valence-electron chi connectivity index (χ1n) is 9.78. The minimum Gasteiger partial charge on any atom is -0.508 e. The number of rotatable bonds is 1. The molecule has 4 nitrogen and oxygen atoms in total. The van der Waals surface area contributed by atoms with Crippen molar-refractivity contribution in [1.82, 2.24) is 0 Å². The summed E-state index contributed by atoms with van der Waals surface area (Å²) in [6.45, 7) is 6.17. The maximum atomic E-state index is 11.5. The quantitative estimate of drug-likeness (QED) is 0.710. The van der Waals surface area contributed by atoms with E-state index in [1.165, 1.54) is 19.8 Å². The second-order valence-electron chi connectivity index (χ2n) is 9.31. The van der Waals surface area contributed by atoms with Crippen LogP contribution in [0.2, 0.25) is 0 Å². The van der Waals surface area contributed by atoms with Crippen LogP contribution in [0.25, 0.3) is 0 Å². The molecular formula is C21H31NO3. The molecule has 0 saturated heterocycles.